The van der Waals surface area contributed by atoms with Crippen molar-refractivity contribution < 1.29 is 24.6 Å². The molecule has 31 heavy (non-hydrogen) atoms. The Hall–Kier alpha value is -2.02. The van der Waals surface area contributed by atoms with E-state index in [-0.39, 0.29) is 26.0 Å². The average Bonchev–Trinajstić information content (AvgIpc) is 3.45. The summed E-state index contributed by atoms with van der Waals surface area (Å²) in [5, 5.41) is 20.8. The molecule has 0 saturated heterocycles. The minimum Gasteiger partial charge on any atom is -0.480 e. The van der Waals surface area contributed by atoms with Crippen molar-refractivity contribution in [3.8, 4) is 0 Å². The molecule has 1 amide bonds. The molecule has 0 aromatic rings. The van der Waals surface area contributed by atoms with E-state index in [0.29, 0.717) is 5.75 Å². The molecule has 0 aromatic heterocycles. The van der Waals surface area contributed by atoms with Gasteiger partial charge in [0, 0.05) is 11.5 Å². The Balaban J connectivity index is 0.00000900. The van der Waals surface area contributed by atoms with Crippen LogP contribution in [0.1, 0.15) is 73.6 Å². The molecule has 1 rings (SSSR count). The Kier molecular flexibility index (Phi) is 13.2. The second-order valence-corrected chi connectivity index (χ2v) is 9.32. The third kappa shape index (κ3) is 10.7. The summed E-state index contributed by atoms with van der Waals surface area (Å²) in [6, 6.07) is -1.08. The van der Waals surface area contributed by atoms with E-state index in [0.717, 1.165) is 25.7 Å². The summed E-state index contributed by atoms with van der Waals surface area (Å²) in [5.74, 6) is -2.17. The predicted octanol–water partition coefficient (Wildman–Crippen LogP) is 5.21. The maximum absolute atomic E-state index is 12.1. The lowest BCUT2D eigenvalue weighted by Gasteiger charge is -2.17. The highest BCUT2D eigenvalue weighted by Gasteiger charge is 2.57. The fourth-order valence-electron chi connectivity index (χ4n) is 2.86. The zero-order valence-electron chi connectivity index (χ0n) is 18.5. The highest BCUT2D eigenvalue weighted by molar-refractivity contribution is 7.99. The van der Waals surface area contributed by atoms with E-state index < -0.39 is 29.3 Å². The number of thioether (sulfide) groups is 1. The number of hydrogen-bond acceptors (Lipinski definition) is 4. The Bertz CT molecular complexity index is 715. The molecule has 1 aliphatic carbocycles. The number of carbonyl (C=O) groups is 3. The van der Waals surface area contributed by atoms with Crippen molar-refractivity contribution in [3.05, 3.63) is 34.9 Å². The number of hydrogen-bond donors (Lipinski definition) is 3. The van der Waals surface area contributed by atoms with Gasteiger partial charge >= 0.3 is 11.9 Å². The fourth-order valence-corrected chi connectivity index (χ4v) is 3.86. The van der Waals surface area contributed by atoms with Gasteiger partial charge in [0.1, 0.15) is 11.5 Å². The largest absolute Gasteiger partial charge is 0.480 e. The lowest BCUT2D eigenvalue weighted by Crippen LogP contribution is -2.47. The summed E-state index contributed by atoms with van der Waals surface area (Å²) in [4.78, 5) is 34.7. The van der Waals surface area contributed by atoms with Crippen LogP contribution in [0.4, 0.5) is 0 Å². The summed E-state index contributed by atoms with van der Waals surface area (Å²) in [6.45, 7) is 8.44. The predicted molar refractivity (Wildman–Crippen MR) is 128 cm³/mol. The van der Waals surface area contributed by atoms with Crippen molar-refractivity contribution in [1.82, 2.24) is 5.32 Å². The Morgan fingerprint density at radius 3 is 2.00 bits per heavy atom. The smallest absolute Gasteiger partial charge is 0.327 e. The first-order chi connectivity index (χ1) is 14.1. The topological polar surface area (TPSA) is 104 Å². The first-order valence-corrected chi connectivity index (χ1v) is 11.5. The van der Waals surface area contributed by atoms with Crippen molar-refractivity contribution in [1.29, 1.82) is 0 Å². The molecule has 1 fully saturated rings. The number of nitrogens with one attached hydrogen (secondary N) is 1. The van der Waals surface area contributed by atoms with Crippen molar-refractivity contribution in [3.63, 3.8) is 0 Å². The molecule has 1 aliphatic rings. The van der Waals surface area contributed by atoms with Gasteiger partial charge in [-0.25, -0.2) is 4.79 Å². The maximum Gasteiger partial charge on any atom is 0.327 e. The monoisotopic (exact) mass is 453 g/mol. The minimum atomic E-state index is -1.42. The van der Waals surface area contributed by atoms with Gasteiger partial charge in [-0.1, -0.05) is 42.4 Å². The summed E-state index contributed by atoms with van der Waals surface area (Å²) in [5.41, 5.74) is 2.56. The number of carbonyl (C=O) groups excluding carboxylic acids is 1. The van der Waals surface area contributed by atoms with E-state index in [2.05, 4.69) is 51.2 Å². The number of allylic oxidation sites excluding steroid dienone is 5. The van der Waals surface area contributed by atoms with Crippen LogP contribution < -0.4 is 5.32 Å². The van der Waals surface area contributed by atoms with Crippen LogP contribution in [0, 0.1) is 5.41 Å². The Morgan fingerprint density at radius 2 is 1.52 bits per heavy atom. The van der Waals surface area contributed by atoms with E-state index >= 15 is 0 Å². The van der Waals surface area contributed by atoms with Gasteiger partial charge in [0.15, 0.2) is 0 Å². The van der Waals surface area contributed by atoms with Gasteiger partial charge in [-0.05, 0) is 66.2 Å². The quantitative estimate of drug-likeness (QED) is 0.189. The second-order valence-electron chi connectivity index (χ2n) is 8.25. The molecule has 0 unspecified atom stereocenters. The molecule has 0 radical (unpaired) electrons. The summed E-state index contributed by atoms with van der Waals surface area (Å²) >= 11 is 1.41. The third-order valence-corrected chi connectivity index (χ3v) is 6.13. The zero-order chi connectivity index (χ0) is 22.7. The van der Waals surface area contributed by atoms with Gasteiger partial charge in [-0.3, -0.25) is 9.59 Å². The van der Waals surface area contributed by atoms with Gasteiger partial charge in [0.05, 0.1) is 0 Å². The number of carboxylic acids is 2. The first kappa shape index (κ1) is 29.0. The second kappa shape index (κ2) is 14.1. The molecule has 1 saturated carbocycles. The first-order valence-electron chi connectivity index (χ1n) is 10.4. The average molecular weight is 454 g/mol. The van der Waals surface area contributed by atoms with Gasteiger partial charge in [0.25, 0.3) is 0 Å². The van der Waals surface area contributed by atoms with E-state index in [4.69, 9.17) is 5.11 Å². The molecule has 6 nitrogen and oxygen atoms in total. The van der Waals surface area contributed by atoms with Gasteiger partial charge in [-0.2, -0.15) is 11.8 Å². The van der Waals surface area contributed by atoms with Gasteiger partial charge < -0.3 is 15.5 Å². The highest BCUT2D eigenvalue weighted by Crippen LogP contribution is 2.46. The number of carboxylic acid groups (broad SMARTS) is 2. The van der Waals surface area contributed by atoms with Crippen LogP contribution in [0.5, 0.6) is 0 Å². The molecular weight excluding hydrogens is 414 g/mol. The number of rotatable bonds is 14. The molecule has 0 aromatic carbocycles. The Labute approximate surface area is 191 Å². The van der Waals surface area contributed by atoms with Gasteiger partial charge in [-0.15, -0.1) is 0 Å². The molecule has 7 heteroatoms. The Morgan fingerprint density at radius 1 is 0.968 bits per heavy atom. The van der Waals surface area contributed by atoms with Crippen LogP contribution >= 0.6 is 11.8 Å². The van der Waals surface area contributed by atoms with Crippen molar-refractivity contribution >= 4 is 29.6 Å². The van der Waals surface area contributed by atoms with Crippen LogP contribution in [0.15, 0.2) is 34.9 Å². The fraction of sp³-hybridized carbons (Fsp3) is 0.625. The zero-order valence-corrected chi connectivity index (χ0v) is 19.3. The normalized spacial score (nSPS) is 16.0. The van der Waals surface area contributed by atoms with Crippen molar-refractivity contribution in [2.45, 2.75) is 79.7 Å². The number of aliphatic carboxylic acids is 2. The van der Waals surface area contributed by atoms with Crippen LogP contribution in [0.25, 0.3) is 0 Å². The summed E-state index contributed by atoms with van der Waals surface area (Å²) < 4.78 is 0. The molecule has 0 spiro atoms. The van der Waals surface area contributed by atoms with Gasteiger partial charge in [0.2, 0.25) is 5.91 Å². The SMILES string of the molecule is C.CC(C)=CCC/C(C)=C/CC/C(C)=C/CSC[C@H](NC(=O)C1(C(=O)O)CC1)C(=O)O. The molecule has 0 aliphatic heterocycles. The summed E-state index contributed by atoms with van der Waals surface area (Å²) in [6.07, 6.45) is 11.2. The van der Waals surface area contributed by atoms with E-state index in [1.165, 1.54) is 28.5 Å². The molecular formula is C24H39NO5S. The van der Waals surface area contributed by atoms with Crippen LogP contribution in [0.2, 0.25) is 0 Å². The number of amides is 1. The lowest BCUT2D eigenvalue weighted by molar-refractivity contribution is -0.151. The van der Waals surface area contributed by atoms with Crippen LogP contribution in [-0.2, 0) is 14.4 Å². The maximum atomic E-state index is 12.1. The summed E-state index contributed by atoms with van der Waals surface area (Å²) in [7, 11) is 0. The lowest BCUT2D eigenvalue weighted by atomic mass is 10.1. The van der Waals surface area contributed by atoms with E-state index in [1.54, 1.807) is 0 Å². The third-order valence-electron chi connectivity index (χ3n) is 5.15. The standard InChI is InChI=1S/C23H35NO5S.CH4/c1-16(2)7-5-8-17(3)9-6-10-18(4)11-14-30-15-19(20(25)26)24-21(27)23(12-13-23)22(28)29;/h7,9,11,19H,5-6,8,10,12-15H2,1-4H3,(H,24,27)(H,25,26)(H,28,29);1H4/b17-9+,18-11+;/t19-;/m0./s1. The molecule has 3 N–H and O–H groups in total. The molecule has 1 atom stereocenters. The van der Waals surface area contributed by atoms with Crippen molar-refractivity contribution in [2.24, 2.45) is 5.41 Å². The van der Waals surface area contributed by atoms with Crippen LogP contribution in [0.3, 0.4) is 0 Å². The highest BCUT2D eigenvalue weighted by atomic mass is 32.2. The molecule has 0 heterocycles. The van der Waals surface area contributed by atoms with Crippen molar-refractivity contribution in [2.75, 3.05) is 11.5 Å². The molecule has 0 bridgehead atoms. The minimum absolute atomic E-state index is 0. The van der Waals surface area contributed by atoms with Crippen LogP contribution in [-0.4, -0.2) is 45.6 Å². The molecule has 176 valence electrons. The van der Waals surface area contributed by atoms with E-state index in [1.807, 2.05) is 0 Å². The van der Waals surface area contributed by atoms with E-state index in [9.17, 15) is 19.5 Å².